The molecule has 4 nitrogen and oxygen atoms in total. The molecule has 4 heteroatoms. The number of rotatable bonds is 6. The molecule has 0 aliphatic rings. The summed E-state index contributed by atoms with van der Waals surface area (Å²) >= 11 is 0. The number of hydrogen-bond acceptors (Lipinski definition) is 3. The van der Waals surface area contributed by atoms with Gasteiger partial charge in [-0.05, 0) is 24.6 Å². The summed E-state index contributed by atoms with van der Waals surface area (Å²) in [7, 11) is 0. The maximum atomic E-state index is 11.5. The summed E-state index contributed by atoms with van der Waals surface area (Å²) in [5.74, 6) is 0.658. The van der Waals surface area contributed by atoms with E-state index in [0.29, 0.717) is 19.7 Å². The Balaban J connectivity index is 2.51. The number of ether oxygens (including phenoxy) is 1. The molecule has 0 bridgehead atoms. The van der Waals surface area contributed by atoms with Gasteiger partial charge >= 0.3 is 0 Å². The molecular weight excluding hydrogens is 216 g/mol. The topological polar surface area (TPSA) is 64.3 Å². The molecule has 0 heterocycles. The Morgan fingerprint density at radius 2 is 2.29 bits per heavy atom. The van der Waals surface area contributed by atoms with Crippen molar-refractivity contribution in [3.8, 4) is 5.75 Å². The zero-order valence-electron chi connectivity index (χ0n) is 10.4. The van der Waals surface area contributed by atoms with E-state index < -0.39 is 0 Å². The minimum atomic E-state index is -0.148. The van der Waals surface area contributed by atoms with Crippen LogP contribution in [0.2, 0.25) is 0 Å². The predicted octanol–water partition coefficient (Wildman–Crippen LogP) is 1.30. The monoisotopic (exact) mass is 236 g/mol. The van der Waals surface area contributed by atoms with Gasteiger partial charge in [0.25, 0.3) is 0 Å². The van der Waals surface area contributed by atoms with E-state index in [0.717, 1.165) is 11.3 Å². The third-order valence-electron chi connectivity index (χ3n) is 2.48. The van der Waals surface area contributed by atoms with E-state index in [-0.39, 0.29) is 11.8 Å². The Kier molecular flexibility index (Phi) is 5.49. The van der Waals surface area contributed by atoms with E-state index in [1.165, 1.54) is 0 Å². The van der Waals surface area contributed by atoms with E-state index in [9.17, 15) is 4.79 Å². The molecule has 94 valence electrons. The van der Waals surface area contributed by atoms with Crippen LogP contribution in [0.15, 0.2) is 24.3 Å². The van der Waals surface area contributed by atoms with E-state index in [4.69, 9.17) is 10.5 Å². The second-order valence-electron chi connectivity index (χ2n) is 3.93. The van der Waals surface area contributed by atoms with Gasteiger partial charge in [0.1, 0.15) is 5.75 Å². The number of carbonyl (C=O) groups excluding carboxylic acids is 1. The molecule has 1 rings (SSSR count). The average Bonchev–Trinajstić information content (AvgIpc) is 2.36. The second-order valence-corrected chi connectivity index (χ2v) is 3.93. The van der Waals surface area contributed by atoms with E-state index in [2.05, 4.69) is 5.32 Å². The van der Waals surface area contributed by atoms with Gasteiger partial charge in [-0.1, -0.05) is 19.1 Å². The van der Waals surface area contributed by atoms with Crippen molar-refractivity contribution in [3.63, 3.8) is 0 Å². The van der Waals surface area contributed by atoms with Crippen molar-refractivity contribution < 1.29 is 9.53 Å². The second kappa shape index (κ2) is 6.91. The molecule has 3 N–H and O–H groups in total. The Labute approximate surface area is 102 Å². The number of amides is 1. The third-order valence-corrected chi connectivity index (χ3v) is 2.48. The molecule has 0 aliphatic carbocycles. The molecule has 1 unspecified atom stereocenters. The summed E-state index contributed by atoms with van der Waals surface area (Å²) in [5, 5.41) is 2.84. The highest BCUT2D eigenvalue weighted by atomic mass is 16.5. The standard InChI is InChI=1S/C13H20N2O2/c1-3-17-12-6-4-5-11(7-12)9-15-13(16)10(2)8-14/h4-7,10H,3,8-9,14H2,1-2H3,(H,15,16). The molecule has 0 radical (unpaired) electrons. The average molecular weight is 236 g/mol. The van der Waals surface area contributed by atoms with Crippen molar-refractivity contribution >= 4 is 5.91 Å². The van der Waals surface area contributed by atoms with Gasteiger partial charge in [-0.15, -0.1) is 0 Å². The van der Waals surface area contributed by atoms with Gasteiger partial charge in [0.05, 0.1) is 6.61 Å². The van der Waals surface area contributed by atoms with Crippen LogP contribution < -0.4 is 15.8 Å². The fourth-order valence-corrected chi connectivity index (χ4v) is 1.38. The number of hydrogen-bond donors (Lipinski definition) is 2. The normalized spacial score (nSPS) is 11.9. The Bertz CT molecular complexity index is 366. The van der Waals surface area contributed by atoms with Crippen LogP contribution in [0.25, 0.3) is 0 Å². The van der Waals surface area contributed by atoms with Gasteiger partial charge < -0.3 is 15.8 Å². The smallest absolute Gasteiger partial charge is 0.224 e. The first-order valence-corrected chi connectivity index (χ1v) is 5.87. The van der Waals surface area contributed by atoms with Gasteiger partial charge in [0, 0.05) is 19.0 Å². The fourth-order valence-electron chi connectivity index (χ4n) is 1.38. The molecular formula is C13H20N2O2. The van der Waals surface area contributed by atoms with Crippen molar-refractivity contribution in [2.75, 3.05) is 13.2 Å². The fraction of sp³-hybridized carbons (Fsp3) is 0.462. The number of benzene rings is 1. The highest BCUT2D eigenvalue weighted by molar-refractivity contribution is 5.78. The molecule has 0 aromatic heterocycles. The maximum Gasteiger partial charge on any atom is 0.224 e. The van der Waals surface area contributed by atoms with E-state index in [1.807, 2.05) is 38.1 Å². The van der Waals surface area contributed by atoms with Crippen molar-refractivity contribution in [2.24, 2.45) is 11.7 Å². The van der Waals surface area contributed by atoms with E-state index >= 15 is 0 Å². The minimum absolute atomic E-state index is 0.0192. The molecule has 1 aromatic carbocycles. The van der Waals surface area contributed by atoms with Crippen molar-refractivity contribution in [2.45, 2.75) is 20.4 Å². The lowest BCUT2D eigenvalue weighted by atomic mass is 10.1. The van der Waals surface area contributed by atoms with Gasteiger partial charge in [-0.2, -0.15) is 0 Å². The summed E-state index contributed by atoms with van der Waals surface area (Å²) in [6, 6.07) is 7.70. The lowest BCUT2D eigenvalue weighted by molar-refractivity contribution is -0.124. The van der Waals surface area contributed by atoms with Crippen LogP contribution in [0.4, 0.5) is 0 Å². The quantitative estimate of drug-likeness (QED) is 0.782. The number of nitrogens with two attached hydrogens (primary N) is 1. The Hall–Kier alpha value is -1.55. The molecule has 17 heavy (non-hydrogen) atoms. The highest BCUT2D eigenvalue weighted by Gasteiger charge is 2.09. The molecule has 0 saturated carbocycles. The summed E-state index contributed by atoms with van der Waals surface area (Å²) in [6.45, 7) is 5.26. The summed E-state index contributed by atoms with van der Waals surface area (Å²) in [6.07, 6.45) is 0. The van der Waals surface area contributed by atoms with Crippen molar-refractivity contribution in [1.29, 1.82) is 0 Å². The first kappa shape index (κ1) is 13.5. The first-order valence-electron chi connectivity index (χ1n) is 5.87. The lowest BCUT2D eigenvalue weighted by Gasteiger charge is -2.10. The maximum absolute atomic E-state index is 11.5. The van der Waals surface area contributed by atoms with Crippen LogP contribution in [0.1, 0.15) is 19.4 Å². The molecule has 1 aromatic rings. The van der Waals surface area contributed by atoms with Crippen LogP contribution in [0, 0.1) is 5.92 Å². The number of nitrogens with one attached hydrogen (secondary N) is 1. The van der Waals surface area contributed by atoms with E-state index in [1.54, 1.807) is 0 Å². The van der Waals surface area contributed by atoms with Crippen molar-refractivity contribution in [1.82, 2.24) is 5.32 Å². The predicted molar refractivity (Wildman–Crippen MR) is 67.7 cm³/mol. The third kappa shape index (κ3) is 4.44. The highest BCUT2D eigenvalue weighted by Crippen LogP contribution is 2.13. The molecule has 1 amide bonds. The van der Waals surface area contributed by atoms with Gasteiger partial charge in [0.15, 0.2) is 0 Å². The van der Waals surface area contributed by atoms with Crippen molar-refractivity contribution in [3.05, 3.63) is 29.8 Å². The van der Waals surface area contributed by atoms with Crippen LogP contribution in [-0.2, 0) is 11.3 Å². The molecule has 0 aliphatic heterocycles. The van der Waals surface area contributed by atoms with Gasteiger partial charge in [-0.3, -0.25) is 4.79 Å². The molecule has 0 fully saturated rings. The zero-order chi connectivity index (χ0) is 12.7. The van der Waals surface area contributed by atoms with Gasteiger partial charge in [0.2, 0.25) is 5.91 Å². The Morgan fingerprint density at radius 3 is 2.94 bits per heavy atom. The summed E-state index contributed by atoms with van der Waals surface area (Å²) in [5.41, 5.74) is 6.45. The summed E-state index contributed by atoms with van der Waals surface area (Å²) in [4.78, 5) is 11.5. The molecule has 0 saturated heterocycles. The molecule has 0 spiro atoms. The van der Waals surface area contributed by atoms with Crippen LogP contribution in [0.3, 0.4) is 0 Å². The lowest BCUT2D eigenvalue weighted by Crippen LogP contribution is -2.32. The zero-order valence-corrected chi connectivity index (χ0v) is 10.4. The largest absolute Gasteiger partial charge is 0.494 e. The Morgan fingerprint density at radius 1 is 1.53 bits per heavy atom. The number of carbonyl (C=O) groups is 1. The summed E-state index contributed by atoms with van der Waals surface area (Å²) < 4.78 is 5.39. The SMILES string of the molecule is CCOc1cccc(CNC(=O)C(C)CN)c1. The van der Waals surface area contributed by atoms with Crippen LogP contribution in [-0.4, -0.2) is 19.1 Å². The van der Waals surface area contributed by atoms with Crippen LogP contribution >= 0.6 is 0 Å². The minimum Gasteiger partial charge on any atom is -0.494 e. The van der Waals surface area contributed by atoms with Gasteiger partial charge in [-0.25, -0.2) is 0 Å². The van der Waals surface area contributed by atoms with Crippen LogP contribution in [0.5, 0.6) is 5.75 Å². The first-order chi connectivity index (χ1) is 8.17. The molecule has 1 atom stereocenters.